The van der Waals surface area contributed by atoms with Crippen molar-refractivity contribution in [3.63, 3.8) is 0 Å². The van der Waals surface area contributed by atoms with Gasteiger partial charge in [-0.05, 0) is 123 Å². The van der Waals surface area contributed by atoms with Gasteiger partial charge in [0.15, 0.2) is 0 Å². The van der Waals surface area contributed by atoms with Crippen LogP contribution in [0.2, 0.25) is 0 Å². The molecule has 4 atom stereocenters. The summed E-state index contributed by atoms with van der Waals surface area (Å²) < 4.78 is 6.11. The number of amides is 1. The lowest BCUT2D eigenvalue weighted by atomic mass is 9.70. The first kappa shape index (κ1) is 35.2. The summed E-state index contributed by atoms with van der Waals surface area (Å²) in [6.45, 7) is 6.10. The molecule has 0 radical (unpaired) electrons. The van der Waals surface area contributed by atoms with E-state index in [2.05, 4.69) is 50.4 Å². The van der Waals surface area contributed by atoms with Gasteiger partial charge in [-0.3, -0.25) is 9.59 Å². The van der Waals surface area contributed by atoms with Crippen molar-refractivity contribution >= 4 is 16.8 Å². The molecule has 2 bridgehead atoms. The number of aromatic amines is 1. The Morgan fingerprint density at radius 2 is 1.78 bits per heavy atom. The Morgan fingerprint density at radius 3 is 2.59 bits per heavy atom. The number of carbonyl (C=O) groups excluding carboxylic acids is 1. The van der Waals surface area contributed by atoms with E-state index in [-0.39, 0.29) is 17.2 Å². The molecule has 4 fully saturated rings. The molecule has 4 aliphatic rings. The van der Waals surface area contributed by atoms with Crippen LogP contribution in [0.5, 0.6) is 11.5 Å². The van der Waals surface area contributed by atoms with Crippen LogP contribution >= 0.6 is 0 Å². The fraction of sp³-hybridized carbons (Fsp3) is 0.476. The van der Waals surface area contributed by atoms with E-state index in [9.17, 15) is 19.8 Å². The van der Waals surface area contributed by atoms with Crippen molar-refractivity contribution < 1.29 is 19.7 Å². The summed E-state index contributed by atoms with van der Waals surface area (Å²) in [5, 5.41) is 24.8. The number of pyridine rings is 1. The van der Waals surface area contributed by atoms with Crippen molar-refractivity contribution in [3.05, 3.63) is 106 Å². The number of likely N-dealkylation sites (tertiary alicyclic amines) is 1. The molecule has 4 aliphatic heterocycles. The number of ether oxygens (including phenoxy) is 1. The number of aliphatic hydroxyl groups excluding tert-OH is 1. The number of hydrogen-bond acceptors (Lipinski definition) is 7. The highest BCUT2D eigenvalue weighted by molar-refractivity contribution is 5.87. The van der Waals surface area contributed by atoms with Gasteiger partial charge in [-0.1, -0.05) is 48.5 Å². The topological polar surface area (TPSA) is 118 Å². The number of rotatable bonds is 14. The second kappa shape index (κ2) is 16.4. The van der Waals surface area contributed by atoms with E-state index >= 15 is 0 Å². The van der Waals surface area contributed by atoms with Crippen LogP contribution in [0.1, 0.15) is 73.7 Å². The molecule has 4 aromatic rings. The molecular weight excluding hydrogens is 640 g/mol. The van der Waals surface area contributed by atoms with Crippen LogP contribution < -0.4 is 15.6 Å². The summed E-state index contributed by atoms with van der Waals surface area (Å²) in [6, 6.07) is 25.5. The average Bonchev–Trinajstić information content (AvgIpc) is 3.17. The number of aromatic nitrogens is 1. The molecule has 5 heterocycles. The number of phenolic OH excluding ortho intramolecular Hbond substituents is 1. The third kappa shape index (κ3) is 8.49. The van der Waals surface area contributed by atoms with E-state index in [1.807, 2.05) is 24.3 Å². The summed E-state index contributed by atoms with van der Waals surface area (Å²) >= 11 is 0. The van der Waals surface area contributed by atoms with Crippen LogP contribution in [0.4, 0.5) is 0 Å². The van der Waals surface area contributed by atoms with Crippen molar-refractivity contribution in [1.29, 1.82) is 0 Å². The first-order valence-electron chi connectivity index (χ1n) is 18.9. The zero-order valence-corrected chi connectivity index (χ0v) is 29.5. The van der Waals surface area contributed by atoms with E-state index < -0.39 is 6.10 Å². The standard InChI is InChI=1S/C42H52N4O5/c47-38-14-12-34(35-13-15-40(49)44-42(35)38)39(48)27-43-19-5-2-6-23-51-33-11-7-8-29(24-33)25-41(50)46-22-18-32(30-9-3-1-4-10-30)26-37(46)36-28-45-20-16-31(36)17-21-45/h1,3-4,7-15,24,31-32,36-37,39,43,47-48H,2,5-6,16-23,25-28H2,(H,44,49)/t32?,36?,37-,39+/m1/s1. The first-order chi connectivity index (χ1) is 24.9. The molecule has 9 nitrogen and oxygen atoms in total. The molecule has 9 heteroatoms. The van der Waals surface area contributed by atoms with Gasteiger partial charge in [0.05, 0.1) is 24.6 Å². The fourth-order valence-electron chi connectivity index (χ4n) is 8.83. The monoisotopic (exact) mass is 692 g/mol. The zero-order valence-electron chi connectivity index (χ0n) is 29.5. The van der Waals surface area contributed by atoms with Crippen LogP contribution in [0.3, 0.4) is 0 Å². The van der Waals surface area contributed by atoms with Gasteiger partial charge in [-0.25, -0.2) is 0 Å². The smallest absolute Gasteiger partial charge is 0.248 e. The third-order valence-electron chi connectivity index (χ3n) is 11.6. The van der Waals surface area contributed by atoms with Crippen LogP contribution in [-0.2, 0) is 11.2 Å². The molecule has 3 aromatic carbocycles. The van der Waals surface area contributed by atoms with Crippen LogP contribution in [0.15, 0.2) is 83.7 Å². The summed E-state index contributed by atoms with van der Waals surface area (Å²) in [6.07, 6.45) is 7.06. The quantitative estimate of drug-likeness (QED) is 0.124. The van der Waals surface area contributed by atoms with E-state index in [4.69, 9.17) is 4.74 Å². The number of piperidine rings is 4. The molecule has 0 saturated carbocycles. The minimum atomic E-state index is -0.770. The van der Waals surface area contributed by atoms with Gasteiger partial charge < -0.3 is 35.1 Å². The zero-order chi connectivity index (χ0) is 35.2. The molecule has 8 rings (SSSR count). The molecule has 270 valence electrons. The third-order valence-corrected chi connectivity index (χ3v) is 11.6. The molecule has 0 spiro atoms. The summed E-state index contributed by atoms with van der Waals surface area (Å²) in [5.41, 5.74) is 3.11. The highest BCUT2D eigenvalue weighted by Gasteiger charge is 2.44. The maximum absolute atomic E-state index is 14.0. The van der Waals surface area contributed by atoms with Crippen LogP contribution in [-0.4, -0.2) is 82.8 Å². The number of carbonyl (C=O) groups is 1. The van der Waals surface area contributed by atoms with Crippen molar-refractivity contribution in [2.24, 2.45) is 11.8 Å². The predicted molar refractivity (Wildman–Crippen MR) is 200 cm³/mol. The number of aliphatic hydroxyl groups is 1. The van der Waals surface area contributed by atoms with Crippen LogP contribution in [0, 0.1) is 11.8 Å². The molecule has 1 aromatic heterocycles. The van der Waals surface area contributed by atoms with Gasteiger partial charge in [-0.15, -0.1) is 0 Å². The first-order valence-corrected chi connectivity index (χ1v) is 18.9. The number of H-pyrrole nitrogens is 1. The number of unbranched alkanes of at least 4 members (excludes halogenated alkanes) is 2. The Kier molecular flexibility index (Phi) is 11.4. The molecule has 0 aliphatic carbocycles. The fourth-order valence-corrected chi connectivity index (χ4v) is 8.83. The van der Waals surface area contributed by atoms with Crippen molar-refractivity contribution in [2.45, 2.75) is 69.4 Å². The molecule has 2 unspecified atom stereocenters. The van der Waals surface area contributed by atoms with Gasteiger partial charge in [-0.2, -0.15) is 0 Å². The van der Waals surface area contributed by atoms with Gasteiger partial charge in [0, 0.05) is 37.1 Å². The number of hydrogen-bond donors (Lipinski definition) is 4. The summed E-state index contributed by atoms with van der Waals surface area (Å²) in [5.74, 6) is 2.83. The minimum absolute atomic E-state index is 0.0167. The lowest BCUT2D eigenvalue weighted by Gasteiger charge is -2.52. The van der Waals surface area contributed by atoms with Crippen molar-refractivity contribution in [2.75, 3.05) is 45.9 Å². The largest absolute Gasteiger partial charge is 0.506 e. The van der Waals surface area contributed by atoms with Crippen molar-refractivity contribution in [3.8, 4) is 11.5 Å². The second-order valence-electron chi connectivity index (χ2n) is 14.8. The minimum Gasteiger partial charge on any atom is -0.506 e. The number of aromatic hydroxyl groups is 1. The molecule has 1 amide bonds. The van der Waals surface area contributed by atoms with Gasteiger partial charge in [0.25, 0.3) is 0 Å². The van der Waals surface area contributed by atoms with E-state index in [1.54, 1.807) is 12.1 Å². The molecule has 4 saturated heterocycles. The van der Waals surface area contributed by atoms with E-state index in [0.717, 1.165) is 69.0 Å². The summed E-state index contributed by atoms with van der Waals surface area (Å²) in [4.78, 5) is 33.2. The number of nitrogens with zero attached hydrogens (tertiary/aromatic N) is 2. The van der Waals surface area contributed by atoms with Crippen molar-refractivity contribution in [1.82, 2.24) is 20.1 Å². The highest BCUT2D eigenvalue weighted by Crippen LogP contribution is 2.42. The van der Waals surface area contributed by atoms with Gasteiger partial charge >= 0.3 is 0 Å². The van der Waals surface area contributed by atoms with Gasteiger partial charge in [0.1, 0.15) is 11.5 Å². The molecular formula is C42H52N4O5. The Morgan fingerprint density at radius 1 is 0.941 bits per heavy atom. The Bertz CT molecular complexity index is 1820. The van der Waals surface area contributed by atoms with E-state index in [0.29, 0.717) is 53.9 Å². The average molecular weight is 693 g/mol. The maximum Gasteiger partial charge on any atom is 0.248 e. The Hall–Kier alpha value is -4.18. The predicted octanol–water partition coefficient (Wildman–Crippen LogP) is 5.77. The van der Waals surface area contributed by atoms with Gasteiger partial charge in [0.2, 0.25) is 11.5 Å². The van der Waals surface area contributed by atoms with E-state index in [1.165, 1.54) is 43.6 Å². The molecule has 51 heavy (non-hydrogen) atoms. The summed E-state index contributed by atoms with van der Waals surface area (Å²) in [7, 11) is 0. The normalized spacial score (nSPS) is 23.7. The Balaban J connectivity index is 0.861. The lowest BCUT2D eigenvalue weighted by Crippen LogP contribution is -2.58. The molecule has 4 N–H and O–H groups in total. The second-order valence-corrected chi connectivity index (χ2v) is 14.8. The lowest BCUT2D eigenvalue weighted by molar-refractivity contribution is -0.138. The Labute approximate surface area is 300 Å². The number of nitrogens with one attached hydrogen (secondary N) is 2. The SMILES string of the molecule is O=C(Cc1cccc(OCCCCCNC[C@H](O)c2ccc(O)c3[nH]c(=O)ccc23)c1)N1CCC(c2ccccc2)C[C@@H]1C1CN2CCC1CC2. The maximum atomic E-state index is 14.0. The number of phenols is 1. The number of benzene rings is 3. The van der Waals surface area contributed by atoms with Crippen LogP contribution in [0.25, 0.3) is 10.9 Å². The number of fused-ring (bicyclic) bond motifs is 4. The highest BCUT2D eigenvalue weighted by atomic mass is 16.5.